The molecule has 0 saturated carbocycles. The van der Waals surface area contributed by atoms with E-state index in [0.29, 0.717) is 16.7 Å². The van der Waals surface area contributed by atoms with Gasteiger partial charge in [-0.2, -0.15) is 0 Å². The Kier molecular flexibility index (Phi) is 5.77. The van der Waals surface area contributed by atoms with Crippen molar-refractivity contribution >= 4 is 11.9 Å². The average molecular weight is 390 g/mol. The molecule has 0 fully saturated rings. The van der Waals surface area contributed by atoms with Crippen molar-refractivity contribution in [2.45, 2.75) is 17.7 Å². The molecule has 0 spiro atoms. The Morgan fingerprint density at radius 1 is 0.759 bits per heavy atom. The van der Waals surface area contributed by atoms with Gasteiger partial charge in [0.1, 0.15) is 12.1 Å². The van der Waals surface area contributed by atoms with Gasteiger partial charge in [-0.15, -0.1) is 0 Å². The largest absolute Gasteiger partial charge is 0.479 e. The highest BCUT2D eigenvalue weighted by molar-refractivity contribution is 6.06. The third-order valence-corrected chi connectivity index (χ3v) is 4.95. The van der Waals surface area contributed by atoms with Crippen molar-refractivity contribution in [3.05, 3.63) is 108 Å². The molecule has 1 unspecified atom stereocenters. The van der Waals surface area contributed by atoms with Gasteiger partial charge < -0.3 is 21.3 Å². The second kappa shape index (κ2) is 8.26. The lowest BCUT2D eigenvalue weighted by Crippen LogP contribution is -2.72. The van der Waals surface area contributed by atoms with Gasteiger partial charge in [0.2, 0.25) is 5.54 Å². The monoisotopic (exact) mass is 390 g/mol. The van der Waals surface area contributed by atoms with Crippen LogP contribution >= 0.6 is 0 Å². The second-order valence-electron chi connectivity index (χ2n) is 6.71. The number of hydrogen-bond donors (Lipinski definition) is 3. The first-order valence-corrected chi connectivity index (χ1v) is 9.04. The average Bonchev–Trinajstić information content (AvgIpc) is 2.78. The number of esters is 1. The molecular weight excluding hydrogens is 368 g/mol. The van der Waals surface area contributed by atoms with E-state index in [1.165, 1.54) is 0 Å². The molecule has 0 heterocycles. The summed E-state index contributed by atoms with van der Waals surface area (Å²) < 4.78 is 5.32. The lowest BCUT2D eigenvalue weighted by atomic mass is 9.68. The van der Waals surface area contributed by atoms with Crippen LogP contribution in [0.3, 0.4) is 0 Å². The summed E-state index contributed by atoms with van der Waals surface area (Å²) in [6.07, 6.45) is 0. The summed E-state index contributed by atoms with van der Waals surface area (Å²) in [5, 5.41) is 10.1. The van der Waals surface area contributed by atoms with Gasteiger partial charge in [-0.1, -0.05) is 91.0 Å². The van der Waals surface area contributed by atoms with Gasteiger partial charge in [0.25, 0.3) is 0 Å². The highest BCUT2D eigenvalue weighted by Crippen LogP contribution is 2.37. The number of aliphatic carboxylic acids is 1. The fraction of sp³-hybridized carbons (Fsp3) is 0.130. The summed E-state index contributed by atoms with van der Waals surface area (Å²) in [4.78, 5) is 25.4. The van der Waals surface area contributed by atoms with Crippen LogP contribution in [0.1, 0.15) is 16.7 Å². The lowest BCUT2D eigenvalue weighted by Gasteiger charge is -2.41. The first-order chi connectivity index (χ1) is 13.9. The van der Waals surface area contributed by atoms with Crippen molar-refractivity contribution in [3.8, 4) is 0 Å². The number of carbonyl (C=O) groups excluding carboxylic acids is 1. The quantitative estimate of drug-likeness (QED) is 0.421. The molecule has 6 nitrogen and oxygen atoms in total. The van der Waals surface area contributed by atoms with E-state index in [4.69, 9.17) is 16.2 Å². The Hall–Kier alpha value is -3.48. The molecule has 0 aliphatic rings. The normalized spacial score (nSPS) is 13.3. The third-order valence-electron chi connectivity index (χ3n) is 4.95. The maximum Gasteiger partial charge on any atom is 0.340 e. The number of hydrogen-bond acceptors (Lipinski definition) is 5. The SMILES string of the molecule is NC(C(=O)O)(C(=O)OCc1ccccc1)C(N)(c1ccccc1)c1ccccc1. The van der Waals surface area contributed by atoms with Crippen molar-refractivity contribution in [1.82, 2.24) is 0 Å². The van der Waals surface area contributed by atoms with E-state index in [1.54, 1.807) is 84.9 Å². The molecule has 0 bridgehead atoms. The number of nitrogens with two attached hydrogens (primary N) is 2. The summed E-state index contributed by atoms with van der Waals surface area (Å²) in [5.74, 6) is -2.70. The molecule has 3 aromatic carbocycles. The van der Waals surface area contributed by atoms with Gasteiger partial charge in [0, 0.05) is 0 Å². The van der Waals surface area contributed by atoms with Gasteiger partial charge in [0.15, 0.2) is 0 Å². The minimum Gasteiger partial charge on any atom is -0.479 e. The van der Waals surface area contributed by atoms with Crippen LogP contribution in [0.5, 0.6) is 0 Å². The van der Waals surface area contributed by atoms with Crippen molar-refractivity contribution < 1.29 is 19.4 Å². The topological polar surface area (TPSA) is 116 Å². The van der Waals surface area contributed by atoms with E-state index < -0.39 is 23.0 Å². The van der Waals surface area contributed by atoms with E-state index in [0.717, 1.165) is 0 Å². The maximum atomic E-state index is 13.1. The van der Waals surface area contributed by atoms with Crippen LogP contribution in [0, 0.1) is 0 Å². The molecule has 29 heavy (non-hydrogen) atoms. The van der Waals surface area contributed by atoms with E-state index >= 15 is 0 Å². The van der Waals surface area contributed by atoms with Crippen LogP contribution in [0.15, 0.2) is 91.0 Å². The predicted octanol–water partition coefficient (Wildman–Crippen LogP) is 2.41. The Morgan fingerprint density at radius 2 is 1.17 bits per heavy atom. The second-order valence-corrected chi connectivity index (χ2v) is 6.71. The number of benzene rings is 3. The van der Waals surface area contributed by atoms with E-state index in [9.17, 15) is 14.7 Å². The minimum absolute atomic E-state index is 0.119. The summed E-state index contributed by atoms with van der Waals surface area (Å²) in [6, 6.07) is 25.8. The van der Waals surface area contributed by atoms with Crippen LogP contribution in [0.25, 0.3) is 0 Å². The maximum absolute atomic E-state index is 13.1. The molecule has 0 aliphatic heterocycles. The molecule has 1 atom stereocenters. The van der Waals surface area contributed by atoms with Crippen LogP contribution < -0.4 is 11.5 Å². The fourth-order valence-corrected chi connectivity index (χ4v) is 3.28. The number of carboxylic acids is 1. The zero-order valence-corrected chi connectivity index (χ0v) is 15.7. The molecule has 0 radical (unpaired) electrons. The summed E-state index contributed by atoms with van der Waals surface area (Å²) >= 11 is 0. The van der Waals surface area contributed by atoms with Crippen LogP contribution in [-0.2, 0) is 26.5 Å². The van der Waals surface area contributed by atoms with E-state index in [-0.39, 0.29) is 6.61 Å². The van der Waals surface area contributed by atoms with Gasteiger partial charge >= 0.3 is 11.9 Å². The lowest BCUT2D eigenvalue weighted by molar-refractivity contribution is -0.165. The molecular formula is C23H22N2O4. The molecule has 3 aromatic rings. The molecule has 0 amide bonds. The molecule has 0 aromatic heterocycles. The number of rotatable bonds is 7. The first-order valence-electron chi connectivity index (χ1n) is 9.04. The molecule has 6 heteroatoms. The van der Waals surface area contributed by atoms with Gasteiger partial charge in [-0.3, -0.25) is 0 Å². The zero-order valence-electron chi connectivity index (χ0n) is 15.7. The summed E-state index contributed by atoms with van der Waals surface area (Å²) in [5.41, 5.74) is 10.0. The standard InChI is InChI=1S/C23H22N2O4/c24-22(18-12-6-2-7-13-18,19-14-8-3-9-15-19)23(25,20(26)27)21(28)29-16-17-10-4-1-5-11-17/h1-15H,16,24-25H2,(H,26,27). The van der Waals surface area contributed by atoms with Crippen molar-refractivity contribution in [2.75, 3.05) is 0 Å². The number of carboxylic acid groups (broad SMARTS) is 1. The van der Waals surface area contributed by atoms with Gasteiger partial charge in [-0.25, -0.2) is 9.59 Å². The molecule has 148 valence electrons. The van der Waals surface area contributed by atoms with Crippen LogP contribution in [0.4, 0.5) is 0 Å². The minimum atomic E-state index is -2.56. The van der Waals surface area contributed by atoms with Crippen molar-refractivity contribution in [2.24, 2.45) is 11.5 Å². The van der Waals surface area contributed by atoms with Crippen LogP contribution in [0.2, 0.25) is 0 Å². The molecule has 0 aliphatic carbocycles. The van der Waals surface area contributed by atoms with E-state index in [2.05, 4.69) is 0 Å². The van der Waals surface area contributed by atoms with Crippen molar-refractivity contribution in [1.29, 1.82) is 0 Å². The Morgan fingerprint density at radius 3 is 1.59 bits per heavy atom. The highest BCUT2D eigenvalue weighted by Gasteiger charge is 2.61. The Bertz CT molecular complexity index is 938. The zero-order chi connectivity index (χ0) is 20.9. The molecule has 0 saturated heterocycles. The summed E-state index contributed by atoms with van der Waals surface area (Å²) in [7, 11) is 0. The smallest absolute Gasteiger partial charge is 0.340 e. The third kappa shape index (κ3) is 3.63. The number of ether oxygens (including phenoxy) is 1. The number of carbonyl (C=O) groups is 2. The Labute approximate surface area is 168 Å². The predicted molar refractivity (Wildman–Crippen MR) is 109 cm³/mol. The van der Waals surface area contributed by atoms with Crippen molar-refractivity contribution in [3.63, 3.8) is 0 Å². The van der Waals surface area contributed by atoms with Gasteiger partial charge in [0.05, 0.1) is 0 Å². The Balaban J connectivity index is 2.09. The molecule has 5 N–H and O–H groups in total. The van der Waals surface area contributed by atoms with Crippen LogP contribution in [-0.4, -0.2) is 22.6 Å². The fourth-order valence-electron chi connectivity index (χ4n) is 3.28. The highest BCUT2D eigenvalue weighted by atomic mass is 16.5. The van der Waals surface area contributed by atoms with E-state index in [1.807, 2.05) is 6.07 Å². The summed E-state index contributed by atoms with van der Waals surface area (Å²) in [6.45, 7) is -0.119. The van der Waals surface area contributed by atoms with Gasteiger partial charge in [-0.05, 0) is 16.7 Å². The molecule has 3 rings (SSSR count). The first kappa shape index (κ1) is 20.3.